The number of ether oxygens (including phenoxy) is 2. The first-order chi connectivity index (χ1) is 13.9. The molecule has 1 aliphatic rings. The fraction of sp³-hybridized carbons (Fsp3) is 0.391. The molecule has 2 amide bonds. The summed E-state index contributed by atoms with van der Waals surface area (Å²) in [5, 5.41) is 2.91. The van der Waals surface area contributed by atoms with E-state index in [4.69, 9.17) is 9.47 Å². The second-order valence-corrected chi connectivity index (χ2v) is 7.66. The Bertz CT molecular complexity index is 908. The van der Waals surface area contributed by atoms with E-state index in [9.17, 15) is 9.59 Å². The summed E-state index contributed by atoms with van der Waals surface area (Å²) in [6, 6.07) is 13.5. The van der Waals surface area contributed by atoms with Gasteiger partial charge in [0.05, 0.1) is 14.2 Å². The molecule has 3 rings (SSSR count). The number of carbonyl (C=O) groups excluding carboxylic acids is 2. The fourth-order valence-electron chi connectivity index (χ4n) is 3.56. The van der Waals surface area contributed by atoms with Crippen molar-refractivity contribution < 1.29 is 19.1 Å². The van der Waals surface area contributed by atoms with Gasteiger partial charge in [-0.2, -0.15) is 0 Å². The zero-order chi connectivity index (χ0) is 21.0. The molecule has 0 bridgehead atoms. The van der Waals surface area contributed by atoms with Crippen molar-refractivity contribution in [1.82, 2.24) is 5.32 Å². The van der Waals surface area contributed by atoms with E-state index in [1.54, 1.807) is 33.0 Å². The second kappa shape index (κ2) is 8.55. The lowest BCUT2D eigenvalue weighted by Gasteiger charge is -2.28. The summed E-state index contributed by atoms with van der Waals surface area (Å²) in [4.78, 5) is 27.6. The first-order valence-electron chi connectivity index (χ1n) is 9.77. The van der Waals surface area contributed by atoms with Crippen LogP contribution in [0.15, 0.2) is 42.5 Å². The Morgan fingerprint density at radius 1 is 1.07 bits per heavy atom. The lowest BCUT2D eigenvalue weighted by Crippen LogP contribution is -2.49. The van der Waals surface area contributed by atoms with Crippen LogP contribution < -0.4 is 19.7 Å². The molecule has 1 N–H and O–H groups in total. The normalized spacial score (nSPS) is 13.0. The van der Waals surface area contributed by atoms with Crippen molar-refractivity contribution >= 4 is 17.5 Å². The molecule has 2 aromatic rings. The van der Waals surface area contributed by atoms with Crippen molar-refractivity contribution in [3.8, 4) is 11.5 Å². The average Bonchev–Trinajstić information content (AvgIpc) is 3.16. The SMILES string of the molecule is COc1ccc(CCNC(=O)C(C)(C)C(=O)N2CCc3ccccc32)cc1OC. The lowest BCUT2D eigenvalue weighted by atomic mass is 9.90. The highest BCUT2D eigenvalue weighted by Crippen LogP contribution is 2.32. The van der Waals surface area contributed by atoms with Crippen LogP contribution in [0.25, 0.3) is 0 Å². The number of nitrogens with one attached hydrogen (secondary N) is 1. The number of para-hydroxylation sites is 1. The number of hydrogen-bond donors (Lipinski definition) is 1. The van der Waals surface area contributed by atoms with Gasteiger partial charge in [0.2, 0.25) is 11.8 Å². The maximum Gasteiger partial charge on any atom is 0.242 e. The van der Waals surface area contributed by atoms with Crippen LogP contribution in [-0.2, 0) is 22.4 Å². The lowest BCUT2D eigenvalue weighted by molar-refractivity contribution is -0.139. The van der Waals surface area contributed by atoms with Gasteiger partial charge in [-0.25, -0.2) is 0 Å². The molecule has 0 radical (unpaired) electrons. The van der Waals surface area contributed by atoms with Crippen LogP contribution >= 0.6 is 0 Å². The van der Waals surface area contributed by atoms with Gasteiger partial charge in [-0.05, 0) is 56.0 Å². The summed E-state index contributed by atoms with van der Waals surface area (Å²) in [6.45, 7) is 4.41. The van der Waals surface area contributed by atoms with Gasteiger partial charge >= 0.3 is 0 Å². The fourth-order valence-corrected chi connectivity index (χ4v) is 3.56. The zero-order valence-corrected chi connectivity index (χ0v) is 17.5. The zero-order valence-electron chi connectivity index (χ0n) is 17.5. The summed E-state index contributed by atoms with van der Waals surface area (Å²) in [7, 11) is 3.18. The number of anilines is 1. The van der Waals surface area contributed by atoms with Crippen LogP contribution in [0.3, 0.4) is 0 Å². The van der Waals surface area contributed by atoms with Crippen LogP contribution in [0.1, 0.15) is 25.0 Å². The van der Waals surface area contributed by atoms with E-state index in [0.717, 1.165) is 23.2 Å². The van der Waals surface area contributed by atoms with E-state index < -0.39 is 5.41 Å². The van der Waals surface area contributed by atoms with Crippen molar-refractivity contribution in [2.75, 3.05) is 32.2 Å². The Hall–Kier alpha value is -3.02. The summed E-state index contributed by atoms with van der Waals surface area (Å²) in [5.74, 6) is 0.871. The number of benzene rings is 2. The van der Waals surface area contributed by atoms with E-state index >= 15 is 0 Å². The molecule has 0 saturated heterocycles. The molecule has 0 aromatic heterocycles. The smallest absolute Gasteiger partial charge is 0.242 e. The molecule has 0 saturated carbocycles. The molecule has 154 valence electrons. The number of amides is 2. The van der Waals surface area contributed by atoms with Gasteiger partial charge in [-0.15, -0.1) is 0 Å². The Kier molecular flexibility index (Phi) is 6.11. The van der Waals surface area contributed by atoms with Crippen molar-refractivity contribution in [3.63, 3.8) is 0 Å². The third-order valence-corrected chi connectivity index (χ3v) is 5.38. The number of rotatable bonds is 7. The molecule has 1 aliphatic heterocycles. The number of nitrogens with zero attached hydrogens (tertiary/aromatic N) is 1. The van der Waals surface area contributed by atoms with Gasteiger partial charge in [-0.3, -0.25) is 9.59 Å². The monoisotopic (exact) mass is 396 g/mol. The minimum Gasteiger partial charge on any atom is -0.493 e. The van der Waals surface area contributed by atoms with Crippen molar-refractivity contribution in [3.05, 3.63) is 53.6 Å². The van der Waals surface area contributed by atoms with E-state index in [2.05, 4.69) is 5.32 Å². The standard InChI is InChI=1S/C23H28N2O4/c1-23(2,22(27)25-14-12-17-7-5-6-8-18(17)25)21(26)24-13-11-16-9-10-19(28-3)20(15-16)29-4/h5-10,15H,11-14H2,1-4H3,(H,24,26). The van der Waals surface area contributed by atoms with Crippen LogP contribution in [0.4, 0.5) is 5.69 Å². The predicted molar refractivity (Wildman–Crippen MR) is 113 cm³/mol. The molecule has 0 atom stereocenters. The second-order valence-electron chi connectivity index (χ2n) is 7.66. The van der Waals surface area contributed by atoms with Gasteiger partial charge in [0.1, 0.15) is 5.41 Å². The van der Waals surface area contributed by atoms with Gasteiger partial charge in [-0.1, -0.05) is 24.3 Å². The van der Waals surface area contributed by atoms with Crippen LogP contribution in [0, 0.1) is 5.41 Å². The molecular formula is C23H28N2O4. The Labute approximate surface area is 171 Å². The molecule has 2 aromatic carbocycles. The molecule has 0 fully saturated rings. The van der Waals surface area contributed by atoms with E-state index in [1.807, 2.05) is 42.5 Å². The summed E-state index contributed by atoms with van der Waals surface area (Å²) in [5.41, 5.74) is 1.92. The third-order valence-electron chi connectivity index (χ3n) is 5.38. The van der Waals surface area contributed by atoms with E-state index in [-0.39, 0.29) is 11.8 Å². The molecule has 1 heterocycles. The maximum absolute atomic E-state index is 13.1. The molecular weight excluding hydrogens is 368 g/mol. The quantitative estimate of drug-likeness (QED) is 0.731. The Morgan fingerprint density at radius 3 is 2.52 bits per heavy atom. The van der Waals surface area contributed by atoms with Gasteiger partial charge < -0.3 is 19.7 Å². The highest BCUT2D eigenvalue weighted by Gasteiger charge is 2.41. The molecule has 29 heavy (non-hydrogen) atoms. The molecule has 6 nitrogen and oxygen atoms in total. The largest absolute Gasteiger partial charge is 0.493 e. The van der Waals surface area contributed by atoms with Crippen LogP contribution in [0.5, 0.6) is 11.5 Å². The van der Waals surface area contributed by atoms with Crippen LogP contribution in [-0.4, -0.2) is 39.1 Å². The van der Waals surface area contributed by atoms with E-state index in [0.29, 0.717) is 31.0 Å². The summed E-state index contributed by atoms with van der Waals surface area (Å²) in [6.07, 6.45) is 1.45. The first-order valence-corrected chi connectivity index (χ1v) is 9.77. The molecule has 0 unspecified atom stereocenters. The van der Waals surface area contributed by atoms with Gasteiger partial charge in [0.15, 0.2) is 11.5 Å². The highest BCUT2D eigenvalue weighted by molar-refractivity contribution is 6.11. The molecule has 0 spiro atoms. The molecule has 0 aliphatic carbocycles. The number of hydrogen-bond acceptors (Lipinski definition) is 4. The Balaban J connectivity index is 1.61. The molecule has 6 heteroatoms. The summed E-state index contributed by atoms with van der Waals surface area (Å²) >= 11 is 0. The topological polar surface area (TPSA) is 67.9 Å². The minimum absolute atomic E-state index is 0.175. The van der Waals surface area contributed by atoms with Crippen molar-refractivity contribution in [1.29, 1.82) is 0 Å². The van der Waals surface area contributed by atoms with Crippen LogP contribution in [0.2, 0.25) is 0 Å². The van der Waals surface area contributed by atoms with Crippen molar-refractivity contribution in [2.45, 2.75) is 26.7 Å². The average molecular weight is 396 g/mol. The number of methoxy groups -OCH3 is 2. The van der Waals surface area contributed by atoms with Crippen molar-refractivity contribution in [2.24, 2.45) is 5.41 Å². The Morgan fingerprint density at radius 2 is 1.79 bits per heavy atom. The van der Waals surface area contributed by atoms with E-state index in [1.165, 1.54) is 0 Å². The highest BCUT2D eigenvalue weighted by atomic mass is 16.5. The number of carbonyl (C=O) groups is 2. The third kappa shape index (κ3) is 4.21. The minimum atomic E-state index is -1.14. The van der Waals surface area contributed by atoms with Gasteiger partial charge in [0, 0.05) is 18.8 Å². The summed E-state index contributed by atoms with van der Waals surface area (Å²) < 4.78 is 10.6. The maximum atomic E-state index is 13.1. The van der Waals surface area contributed by atoms with Gasteiger partial charge in [0.25, 0.3) is 0 Å². The number of fused-ring (bicyclic) bond motifs is 1. The predicted octanol–water partition coefficient (Wildman–Crippen LogP) is 2.98. The first kappa shape index (κ1) is 20.7.